The van der Waals surface area contributed by atoms with E-state index in [2.05, 4.69) is 0 Å². The third-order valence-electron chi connectivity index (χ3n) is 3.30. The minimum Gasteiger partial charge on any atom is -0.493 e. The highest BCUT2D eigenvalue weighted by Gasteiger charge is 2.09. The lowest BCUT2D eigenvalue weighted by molar-refractivity contribution is -0.147. The highest BCUT2D eigenvalue weighted by Crippen LogP contribution is 2.27. The molecule has 2 N–H and O–H groups in total. The zero-order valence-corrected chi connectivity index (χ0v) is 13.6. The highest BCUT2D eigenvalue weighted by atomic mass is 16.6. The van der Waals surface area contributed by atoms with Crippen molar-refractivity contribution in [3.05, 3.63) is 59.2 Å². The first-order chi connectivity index (χ1) is 11.5. The van der Waals surface area contributed by atoms with Crippen molar-refractivity contribution in [3.8, 4) is 11.5 Å². The van der Waals surface area contributed by atoms with Gasteiger partial charge in [0.05, 0.1) is 7.11 Å². The summed E-state index contributed by atoms with van der Waals surface area (Å²) in [7, 11) is 1.54. The van der Waals surface area contributed by atoms with Crippen LogP contribution >= 0.6 is 0 Å². The molecule has 24 heavy (non-hydrogen) atoms. The van der Waals surface area contributed by atoms with E-state index >= 15 is 0 Å². The summed E-state index contributed by atoms with van der Waals surface area (Å²) in [6.45, 7) is 1.80. The number of ether oxygens (including phenoxy) is 3. The van der Waals surface area contributed by atoms with Crippen molar-refractivity contribution in [1.29, 1.82) is 0 Å². The van der Waals surface area contributed by atoms with E-state index in [9.17, 15) is 9.59 Å². The van der Waals surface area contributed by atoms with Crippen LogP contribution in [0.15, 0.2) is 42.5 Å². The fraction of sp³-hybridized carbons (Fsp3) is 0.222. The quantitative estimate of drug-likeness (QED) is 0.787. The maximum absolute atomic E-state index is 11.8. The summed E-state index contributed by atoms with van der Waals surface area (Å²) < 4.78 is 15.8. The van der Waals surface area contributed by atoms with Crippen LogP contribution in [0, 0.1) is 6.92 Å². The molecule has 0 unspecified atom stereocenters. The molecule has 0 saturated carbocycles. The van der Waals surface area contributed by atoms with Crippen LogP contribution in [0.25, 0.3) is 0 Å². The molecular weight excluding hydrogens is 310 g/mol. The van der Waals surface area contributed by atoms with Gasteiger partial charge in [0.2, 0.25) is 5.91 Å². The van der Waals surface area contributed by atoms with Crippen LogP contribution < -0.4 is 15.2 Å². The second-order valence-electron chi connectivity index (χ2n) is 5.16. The average Bonchev–Trinajstić information content (AvgIpc) is 2.59. The zero-order valence-electron chi connectivity index (χ0n) is 13.6. The van der Waals surface area contributed by atoms with Crippen molar-refractivity contribution < 1.29 is 23.8 Å². The van der Waals surface area contributed by atoms with Crippen molar-refractivity contribution >= 4 is 11.9 Å². The van der Waals surface area contributed by atoms with Gasteiger partial charge in [-0.25, -0.2) is 4.79 Å². The Morgan fingerprint density at radius 2 is 1.75 bits per heavy atom. The van der Waals surface area contributed by atoms with E-state index in [1.54, 1.807) is 30.3 Å². The fourth-order valence-electron chi connectivity index (χ4n) is 2.00. The monoisotopic (exact) mass is 329 g/mol. The number of methoxy groups -OCH3 is 1. The molecule has 0 bridgehead atoms. The summed E-state index contributed by atoms with van der Waals surface area (Å²) in [5, 5.41) is 0. The van der Waals surface area contributed by atoms with Crippen molar-refractivity contribution in [3.63, 3.8) is 0 Å². The molecule has 0 radical (unpaired) electrons. The first-order valence-corrected chi connectivity index (χ1v) is 7.31. The van der Waals surface area contributed by atoms with Gasteiger partial charge in [0, 0.05) is 5.56 Å². The molecule has 1 amide bonds. The van der Waals surface area contributed by atoms with Crippen molar-refractivity contribution in [2.75, 3.05) is 13.7 Å². The van der Waals surface area contributed by atoms with E-state index in [0.717, 1.165) is 11.1 Å². The molecule has 0 aromatic heterocycles. The maximum atomic E-state index is 11.8. The lowest BCUT2D eigenvalue weighted by Crippen LogP contribution is -2.15. The largest absolute Gasteiger partial charge is 0.493 e. The molecular formula is C18H19NO5. The smallest absolute Gasteiger partial charge is 0.344 e. The molecule has 6 nitrogen and oxygen atoms in total. The van der Waals surface area contributed by atoms with Gasteiger partial charge in [0.15, 0.2) is 18.1 Å². The second-order valence-corrected chi connectivity index (χ2v) is 5.16. The molecule has 0 heterocycles. The number of benzene rings is 2. The van der Waals surface area contributed by atoms with Crippen LogP contribution in [0.5, 0.6) is 11.5 Å². The van der Waals surface area contributed by atoms with Crippen LogP contribution in [0.3, 0.4) is 0 Å². The summed E-state index contributed by atoms with van der Waals surface area (Å²) in [5.41, 5.74) is 7.35. The summed E-state index contributed by atoms with van der Waals surface area (Å²) >= 11 is 0. The second kappa shape index (κ2) is 8.01. The summed E-state index contributed by atoms with van der Waals surface area (Å²) in [5.74, 6) is 0.0336. The maximum Gasteiger partial charge on any atom is 0.344 e. The number of hydrogen-bond acceptors (Lipinski definition) is 5. The van der Waals surface area contributed by atoms with Gasteiger partial charge in [-0.3, -0.25) is 4.79 Å². The third kappa shape index (κ3) is 4.74. The summed E-state index contributed by atoms with van der Waals surface area (Å²) in [4.78, 5) is 22.8. The molecule has 0 aliphatic rings. The lowest BCUT2D eigenvalue weighted by Gasteiger charge is -2.11. The molecule has 0 saturated heterocycles. The van der Waals surface area contributed by atoms with Crippen LogP contribution in [0.2, 0.25) is 0 Å². The predicted molar refractivity (Wildman–Crippen MR) is 88.0 cm³/mol. The van der Waals surface area contributed by atoms with Gasteiger partial charge in [-0.1, -0.05) is 18.2 Å². The van der Waals surface area contributed by atoms with Gasteiger partial charge in [-0.05, 0) is 42.3 Å². The Bertz CT molecular complexity index is 725. The van der Waals surface area contributed by atoms with Gasteiger partial charge in [0.1, 0.15) is 6.61 Å². The zero-order chi connectivity index (χ0) is 17.5. The van der Waals surface area contributed by atoms with E-state index in [4.69, 9.17) is 19.9 Å². The summed E-state index contributed by atoms with van der Waals surface area (Å²) in [6, 6.07) is 11.9. The molecule has 2 rings (SSSR count). The first-order valence-electron chi connectivity index (χ1n) is 7.31. The van der Waals surface area contributed by atoms with E-state index in [1.807, 2.05) is 19.1 Å². The number of primary amides is 1. The van der Waals surface area contributed by atoms with Crippen LogP contribution in [-0.4, -0.2) is 25.6 Å². The number of esters is 1. The molecule has 0 aliphatic heterocycles. The highest BCUT2D eigenvalue weighted by molar-refractivity contribution is 5.92. The Balaban J connectivity index is 1.84. The fourth-order valence-corrected chi connectivity index (χ4v) is 2.00. The number of aryl methyl sites for hydroxylation is 1. The normalized spacial score (nSPS) is 10.1. The van der Waals surface area contributed by atoms with Gasteiger partial charge in [0.25, 0.3) is 0 Å². The molecule has 0 aliphatic carbocycles. The van der Waals surface area contributed by atoms with E-state index in [1.165, 1.54) is 7.11 Å². The first kappa shape index (κ1) is 17.3. The van der Waals surface area contributed by atoms with Crippen LogP contribution in [0.1, 0.15) is 21.5 Å². The standard InChI is InChI=1S/C18H19NO5/c1-12-3-8-15(16(9-12)22-2)23-11-17(20)24-10-13-4-6-14(7-5-13)18(19)21/h3-9H,10-11H2,1-2H3,(H2,19,21). The molecule has 2 aromatic rings. The number of amides is 1. The number of nitrogens with two attached hydrogens (primary N) is 1. The number of hydrogen-bond donors (Lipinski definition) is 1. The van der Waals surface area contributed by atoms with Crippen LogP contribution in [0.4, 0.5) is 0 Å². The van der Waals surface area contributed by atoms with Crippen molar-refractivity contribution in [1.82, 2.24) is 0 Å². The SMILES string of the molecule is COc1cc(C)ccc1OCC(=O)OCc1ccc(C(N)=O)cc1. The molecule has 0 fully saturated rings. The Kier molecular flexibility index (Phi) is 5.78. The third-order valence-corrected chi connectivity index (χ3v) is 3.30. The van der Waals surface area contributed by atoms with Gasteiger partial charge in [-0.15, -0.1) is 0 Å². The average molecular weight is 329 g/mol. The van der Waals surface area contributed by atoms with E-state index < -0.39 is 11.9 Å². The Labute approximate surface area is 140 Å². The molecule has 0 atom stereocenters. The van der Waals surface area contributed by atoms with Gasteiger partial charge < -0.3 is 19.9 Å². The van der Waals surface area contributed by atoms with Gasteiger partial charge >= 0.3 is 5.97 Å². The molecule has 2 aromatic carbocycles. The summed E-state index contributed by atoms with van der Waals surface area (Å²) in [6.07, 6.45) is 0. The van der Waals surface area contributed by atoms with E-state index in [0.29, 0.717) is 17.1 Å². The van der Waals surface area contributed by atoms with Crippen LogP contribution in [-0.2, 0) is 16.1 Å². The van der Waals surface area contributed by atoms with E-state index in [-0.39, 0.29) is 13.2 Å². The molecule has 126 valence electrons. The molecule has 0 spiro atoms. The predicted octanol–water partition coefficient (Wildman–Crippen LogP) is 2.22. The Morgan fingerprint density at radius 1 is 1.04 bits per heavy atom. The topological polar surface area (TPSA) is 87.8 Å². The van der Waals surface area contributed by atoms with Gasteiger partial charge in [-0.2, -0.15) is 0 Å². The number of carbonyl (C=O) groups is 2. The van der Waals surface area contributed by atoms with Crippen molar-refractivity contribution in [2.24, 2.45) is 5.73 Å². The lowest BCUT2D eigenvalue weighted by atomic mass is 10.1. The number of carbonyl (C=O) groups excluding carboxylic acids is 2. The molecule has 6 heteroatoms. The minimum atomic E-state index is -0.503. The minimum absolute atomic E-state index is 0.0896. The Hall–Kier alpha value is -3.02. The Morgan fingerprint density at radius 3 is 2.38 bits per heavy atom. The van der Waals surface area contributed by atoms with Crippen molar-refractivity contribution in [2.45, 2.75) is 13.5 Å². The number of rotatable bonds is 7.